The first-order chi connectivity index (χ1) is 3.41. The van der Waals surface area contributed by atoms with E-state index in [1.165, 1.54) is 6.42 Å². The first-order valence-corrected chi connectivity index (χ1v) is 2.63. The molecule has 1 nitrogen and oxygen atoms in total. The van der Waals surface area contributed by atoms with Crippen LogP contribution < -0.4 is 0 Å². The highest BCUT2D eigenvalue weighted by Gasteiger charge is 1.78. The van der Waals surface area contributed by atoms with E-state index in [2.05, 4.69) is 18.6 Å². The lowest BCUT2D eigenvalue weighted by molar-refractivity contribution is 0.760. The van der Waals surface area contributed by atoms with E-state index in [0.29, 0.717) is 0 Å². The Labute approximate surface area is 45.5 Å². The third-order valence-corrected chi connectivity index (χ3v) is 0.816. The van der Waals surface area contributed by atoms with Crippen molar-refractivity contribution in [3.8, 4) is 0 Å². The second-order valence-corrected chi connectivity index (χ2v) is 1.51. The Balaban J connectivity index is 2.56. The Kier molecular flexibility index (Phi) is 5.40. The summed E-state index contributed by atoms with van der Waals surface area (Å²) in [6.07, 6.45) is 3.35. The molecule has 0 N–H and O–H groups in total. The van der Waals surface area contributed by atoms with Crippen molar-refractivity contribution in [2.75, 3.05) is 6.54 Å². The smallest absolute Gasteiger partial charge is 0.0382 e. The molecule has 0 saturated heterocycles. The molecule has 0 aromatic carbocycles. The third-order valence-electron chi connectivity index (χ3n) is 0.816. The molecule has 0 rings (SSSR count). The Hall–Kier alpha value is -0.330. The van der Waals surface area contributed by atoms with E-state index in [9.17, 15) is 0 Å². The quantitative estimate of drug-likeness (QED) is 0.375. The SMILES string of the molecule is [CH2]CCCCN=C. The molecule has 0 unspecified atom stereocenters. The van der Waals surface area contributed by atoms with E-state index in [0.717, 1.165) is 19.4 Å². The molecule has 0 heterocycles. The van der Waals surface area contributed by atoms with Crippen LogP contribution in [-0.4, -0.2) is 13.3 Å². The number of nitrogens with zero attached hydrogens (tertiary/aromatic N) is 1. The van der Waals surface area contributed by atoms with Crippen LogP contribution in [0.2, 0.25) is 0 Å². The first-order valence-electron chi connectivity index (χ1n) is 2.63. The summed E-state index contributed by atoms with van der Waals surface area (Å²) in [4.78, 5) is 3.70. The van der Waals surface area contributed by atoms with Crippen molar-refractivity contribution in [3.63, 3.8) is 0 Å². The molecule has 41 valence electrons. The van der Waals surface area contributed by atoms with Crippen LogP contribution in [0.25, 0.3) is 0 Å². The average Bonchev–Trinajstić information content (AvgIpc) is 1.69. The van der Waals surface area contributed by atoms with Crippen LogP contribution in [0.4, 0.5) is 0 Å². The molecule has 0 aliphatic heterocycles. The minimum Gasteiger partial charge on any atom is -0.301 e. The topological polar surface area (TPSA) is 12.4 Å². The van der Waals surface area contributed by atoms with Gasteiger partial charge in [0, 0.05) is 6.54 Å². The number of rotatable bonds is 4. The zero-order valence-electron chi connectivity index (χ0n) is 4.69. The van der Waals surface area contributed by atoms with Gasteiger partial charge in [0.1, 0.15) is 0 Å². The second kappa shape index (κ2) is 5.67. The molecule has 0 aliphatic carbocycles. The summed E-state index contributed by atoms with van der Waals surface area (Å²) in [6, 6.07) is 0. The highest BCUT2D eigenvalue weighted by molar-refractivity contribution is 5.22. The summed E-state index contributed by atoms with van der Waals surface area (Å²) in [7, 11) is 0. The first kappa shape index (κ1) is 6.67. The molecule has 0 aliphatic rings. The van der Waals surface area contributed by atoms with Crippen molar-refractivity contribution in [2.24, 2.45) is 4.99 Å². The van der Waals surface area contributed by atoms with Gasteiger partial charge in [0.15, 0.2) is 0 Å². The molecule has 0 bridgehead atoms. The van der Waals surface area contributed by atoms with Crippen molar-refractivity contribution in [1.29, 1.82) is 0 Å². The van der Waals surface area contributed by atoms with E-state index in [4.69, 9.17) is 0 Å². The lowest BCUT2D eigenvalue weighted by Crippen LogP contribution is -1.76. The molecule has 7 heavy (non-hydrogen) atoms. The van der Waals surface area contributed by atoms with E-state index >= 15 is 0 Å². The fourth-order valence-corrected chi connectivity index (χ4v) is 0.400. The van der Waals surface area contributed by atoms with Crippen LogP contribution in [0, 0.1) is 6.92 Å². The van der Waals surface area contributed by atoms with Crippen molar-refractivity contribution >= 4 is 6.72 Å². The van der Waals surface area contributed by atoms with Gasteiger partial charge in [0.2, 0.25) is 0 Å². The second-order valence-electron chi connectivity index (χ2n) is 1.51. The van der Waals surface area contributed by atoms with Crippen LogP contribution >= 0.6 is 0 Å². The van der Waals surface area contributed by atoms with Crippen molar-refractivity contribution in [1.82, 2.24) is 0 Å². The van der Waals surface area contributed by atoms with Crippen molar-refractivity contribution in [3.05, 3.63) is 6.92 Å². The van der Waals surface area contributed by atoms with E-state index < -0.39 is 0 Å². The molecule has 0 spiro atoms. The molecule has 0 aromatic heterocycles. The van der Waals surface area contributed by atoms with Gasteiger partial charge in [0.05, 0.1) is 0 Å². The predicted molar refractivity (Wildman–Crippen MR) is 33.6 cm³/mol. The summed E-state index contributed by atoms with van der Waals surface area (Å²) in [5, 5.41) is 0. The number of aliphatic imine (C=N–C) groups is 1. The number of unbranched alkanes of at least 4 members (excludes halogenated alkanes) is 2. The molecule has 0 atom stereocenters. The Morgan fingerprint density at radius 3 is 2.43 bits per heavy atom. The Morgan fingerprint density at radius 2 is 2.00 bits per heavy atom. The van der Waals surface area contributed by atoms with Gasteiger partial charge in [-0.1, -0.05) is 19.8 Å². The maximum atomic E-state index is 3.70. The number of hydrogen-bond acceptors (Lipinski definition) is 1. The normalized spacial score (nSPS) is 8.71. The van der Waals surface area contributed by atoms with Crippen molar-refractivity contribution < 1.29 is 0 Å². The highest BCUT2D eigenvalue weighted by Crippen LogP contribution is 1.91. The summed E-state index contributed by atoms with van der Waals surface area (Å²) in [5.41, 5.74) is 0. The minimum absolute atomic E-state index is 0.898. The standard InChI is InChI=1S/C6H12N/c1-3-4-5-6-7-2/h1-6H2. The summed E-state index contributed by atoms with van der Waals surface area (Å²) in [6.45, 7) is 7.96. The maximum Gasteiger partial charge on any atom is 0.0382 e. The van der Waals surface area contributed by atoms with Gasteiger partial charge in [-0.15, -0.1) is 0 Å². The van der Waals surface area contributed by atoms with Gasteiger partial charge in [0.25, 0.3) is 0 Å². The molecule has 0 saturated carbocycles. The molecule has 0 aromatic rings. The van der Waals surface area contributed by atoms with Gasteiger partial charge >= 0.3 is 0 Å². The zero-order valence-corrected chi connectivity index (χ0v) is 4.69. The fourth-order valence-electron chi connectivity index (χ4n) is 0.400. The average molecular weight is 98.2 g/mol. The minimum atomic E-state index is 0.898. The largest absolute Gasteiger partial charge is 0.301 e. The van der Waals surface area contributed by atoms with Crippen LogP contribution in [0.15, 0.2) is 4.99 Å². The molecule has 0 amide bonds. The van der Waals surface area contributed by atoms with Gasteiger partial charge in [-0.25, -0.2) is 0 Å². The molecular formula is C6H12N. The van der Waals surface area contributed by atoms with Crippen LogP contribution in [0.5, 0.6) is 0 Å². The summed E-state index contributed by atoms with van der Waals surface area (Å²) < 4.78 is 0. The third kappa shape index (κ3) is 5.67. The van der Waals surface area contributed by atoms with Gasteiger partial charge in [-0.3, -0.25) is 0 Å². The van der Waals surface area contributed by atoms with Crippen molar-refractivity contribution in [2.45, 2.75) is 19.3 Å². The Bertz CT molecular complexity index is 41.4. The molecule has 1 heteroatoms. The lowest BCUT2D eigenvalue weighted by atomic mass is 10.3. The summed E-state index contributed by atoms with van der Waals surface area (Å²) in [5.74, 6) is 0. The van der Waals surface area contributed by atoms with E-state index in [1.807, 2.05) is 0 Å². The molecule has 1 radical (unpaired) electrons. The highest BCUT2D eigenvalue weighted by atomic mass is 14.7. The molecule has 0 fully saturated rings. The zero-order chi connectivity index (χ0) is 5.54. The summed E-state index contributed by atoms with van der Waals surface area (Å²) >= 11 is 0. The molecular weight excluding hydrogens is 86.1 g/mol. The lowest BCUT2D eigenvalue weighted by Gasteiger charge is -1.87. The van der Waals surface area contributed by atoms with Crippen LogP contribution in [0.3, 0.4) is 0 Å². The van der Waals surface area contributed by atoms with Crippen LogP contribution in [-0.2, 0) is 0 Å². The van der Waals surface area contributed by atoms with E-state index in [1.54, 1.807) is 0 Å². The van der Waals surface area contributed by atoms with Gasteiger partial charge < -0.3 is 4.99 Å². The predicted octanol–water partition coefficient (Wildman–Crippen LogP) is 1.69. The monoisotopic (exact) mass is 98.1 g/mol. The fraction of sp³-hybridized carbons (Fsp3) is 0.667. The van der Waals surface area contributed by atoms with Crippen LogP contribution in [0.1, 0.15) is 19.3 Å². The number of hydrogen-bond donors (Lipinski definition) is 0. The van der Waals surface area contributed by atoms with Gasteiger partial charge in [-0.2, -0.15) is 0 Å². The maximum absolute atomic E-state index is 3.70. The Morgan fingerprint density at radius 1 is 1.29 bits per heavy atom. The van der Waals surface area contributed by atoms with Gasteiger partial charge in [-0.05, 0) is 13.1 Å². The van der Waals surface area contributed by atoms with E-state index in [-0.39, 0.29) is 0 Å².